The van der Waals surface area contributed by atoms with Gasteiger partial charge in [-0.1, -0.05) is 12.8 Å². The molecule has 0 spiro atoms. The summed E-state index contributed by atoms with van der Waals surface area (Å²) in [4.78, 5) is 14.2. The van der Waals surface area contributed by atoms with Crippen LogP contribution in [-0.2, 0) is 7.05 Å². The average molecular weight is 221 g/mol. The molecule has 0 unspecified atom stereocenters. The second-order valence-electron chi connectivity index (χ2n) is 4.47. The Kier molecular flexibility index (Phi) is 3.27. The zero-order valence-electron chi connectivity index (χ0n) is 10.1. The summed E-state index contributed by atoms with van der Waals surface area (Å²) in [6.45, 7) is 3.73. The molecule has 16 heavy (non-hydrogen) atoms. The Morgan fingerprint density at radius 3 is 2.38 bits per heavy atom. The van der Waals surface area contributed by atoms with Gasteiger partial charge in [0.1, 0.15) is 0 Å². The van der Waals surface area contributed by atoms with Crippen LogP contribution in [0.1, 0.15) is 41.7 Å². The van der Waals surface area contributed by atoms with Crippen molar-refractivity contribution in [3.05, 3.63) is 17.5 Å². The molecule has 1 saturated heterocycles. The van der Waals surface area contributed by atoms with Gasteiger partial charge >= 0.3 is 0 Å². The summed E-state index contributed by atoms with van der Waals surface area (Å²) in [7, 11) is 1.87. The molecular weight excluding hydrogens is 202 g/mol. The minimum absolute atomic E-state index is 0.146. The standard InChI is InChI=1S/C12H19N3O/c1-10-11(9-13-14(10)2)12(16)15-7-5-3-4-6-8-15/h9H,3-8H2,1-2H3. The largest absolute Gasteiger partial charge is 0.339 e. The van der Waals surface area contributed by atoms with Crippen molar-refractivity contribution in [2.75, 3.05) is 13.1 Å². The molecule has 1 aromatic rings. The maximum absolute atomic E-state index is 12.3. The van der Waals surface area contributed by atoms with Crippen molar-refractivity contribution >= 4 is 5.91 Å². The highest BCUT2D eigenvalue weighted by molar-refractivity contribution is 5.95. The molecule has 0 aromatic carbocycles. The fourth-order valence-corrected chi connectivity index (χ4v) is 2.15. The highest BCUT2D eigenvalue weighted by Gasteiger charge is 2.20. The third-order valence-corrected chi connectivity index (χ3v) is 3.36. The van der Waals surface area contributed by atoms with Crippen molar-refractivity contribution in [2.24, 2.45) is 7.05 Å². The number of hydrogen-bond acceptors (Lipinski definition) is 2. The van der Waals surface area contributed by atoms with E-state index in [2.05, 4.69) is 5.10 Å². The van der Waals surface area contributed by atoms with Crippen LogP contribution in [0.15, 0.2) is 6.20 Å². The lowest BCUT2D eigenvalue weighted by Crippen LogP contribution is -2.32. The van der Waals surface area contributed by atoms with Gasteiger partial charge in [0.05, 0.1) is 11.8 Å². The Morgan fingerprint density at radius 2 is 1.88 bits per heavy atom. The number of likely N-dealkylation sites (tertiary alicyclic amines) is 1. The van der Waals surface area contributed by atoms with Crippen LogP contribution >= 0.6 is 0 Å². The van der Waals surface area contributed by atoms with Gasteiger partial charge in [-0.2, -0.15) is 5.10 Å². The fraction of sp³-hybridized carbons (Fsp3) is 0.667. The second kappa shape index (κ2) is 4.68. The molecule has 4 nitrogen and oxygen atoms in total. The molecule has 0 bridgehead atoms. The van der Waals surface area contributed by atoms with E-state index in [1.807, 2.05) is 18.9 Å². The predicted molar refractivity (Wildman–Crippen MR) is 62.3 cm³/mol. The molecule has 0 atom stereocenters. The number of nitrogens with zero attached hydrogens (tertiary/aromatic N) is 3. The zero-order valence-corrected chi connectivity index (χ0v) is 10.1. The zero-order chi connectivity index (χ0) is 11.5. The van der Waals surface area contributed by atoms with Gasteiger partial charge in [-0.3, -0.25) is 9.48 Å². The quantitative estimate of drug-likeness (QED) is 0.724. The first kappa shape index (κ1) is 11.2. The van der Waals surface area contributed by atoms with E-state index in [0.717, 1.165) is 37.2 Å². The van der Waals surface area contributed by atoms with Gasteiger partial charge in [0.2, 0.25) is 0 Å². The summed E-state index contributed by atoms with van der Waals surface area (Å²) >= 11 is 0. The minimum Gasteiger partial charge on any atom is -0.339 e. The normalized spacial score (nSPS) is 17.2. The van der Waals surface area contributed by atoms with Gasteiger partial charge in [0.15, 0.2) is 0 Å². The molecule has 88 valence electrons. The lowest BCUT2D eigenvalue weighted by Gasteiger charge is -2.19. The number of hydrogen-bond donors (Lipinski definition) is 0. The summed E-state index contributed by atoms with van der Waals surface area (Å²) in [5, 5.41) is 4.12. The topological polar surface area (TPSA) is 38.1 Å². The number of amides is 1. The van der Waals surface area contributed by atoms with Crippen LogP contribution in [0.4, 0.5) is 0 Å². The monoisotopic (exact) mass is 221 g/mol. The summed E-state index contributed by atoms with van der Waals surface area (Å²) in [6, 6.07) is 0. The van der Waals surface area contributed by atoms with Crippen LogP contribution < -0.4 is 0 Å². The number of aromatic nitrogens is 2. The molecule has 2 rings (SSSR count). The van der Waals surface area contributed by atoms with Crippen LogP contribution in [0.3, 0.4) is 0 Å². The molecule has 0 aliphatic carbocycles. The Bertz CT molecular complexity index is 376. The Hall–Kier alpha value is -1.32. The SMILES string of the molecule is Cc1c(C(=O)N2CCCCCC2)cnn1C. The van der Waals surface area contributed by atoms with Crippen molar-refractivity contribution in [2.45, 2.75) is 32.6 Å². The first-order valence-electron chi connectivity index (χ1n) is 5.98. The molecule has 1 amide bonds. The molecule has 1 aromatic heterocycles. The van der Waals surface area contributed by atoms with E-state index >= 15 is 0 Å². The summed E-state index contributed by atoms with van der Waals surface area (Å²) < 4.78 is 1.76. The van der Waals surface area contributed by atoms with Crippen LogP contribution in [0, 0.1) is 6.92 Å². The lowest BCUT2D eigenvalue weighted by atomic mass is 10.2. The third kappa shape index (κ3) is 2.10. The molecule has 2 heterocycles. The van der Waals surface area contributed by atoms with Crippen LogP contribution in [0.2, 0.25) is 0 Å². The van der Waals surface area contributed by atoms with Gasteiger partial charge in [-0.05, 0) is 19.8 Å². The number of carbonyl (C=O) groups excluding carboxylic acids is 1. The second-order valence-corrected chi connectivity index (χ2v) is 4.47. The minimum atomic E-state index is 0.146. The third-order valence-electron chi connectivity index (χ3n) is 3.36. The first-order chi connectivity index (χ1) is 7.70. The van der Waals surface area contributed by atoms with Gasteiger partial charge in [-0.25, -0.2) is 0 Å². The maximum Gasteiger partial charge on any atom is 0.257 e. The Balaban J connectivity index is 2.14. The van der Waals surface area contributed by atoms with E-state index < -0.39 is 0 Å². The van der Waals surface area contributed by atoms with Gasteiger partial charge in [0.25, 0.3) is 5.91 Å². The molecule has 0 N–H and O–H groups in total. The first-order valence-corrected chi connectivity index (χ1v) is 5.98. The highest BCUT2D eigenvalue weighted by atomic mass is 16.2. The van der Waals surface area contributed by atoms with E-state index in [1.165, 1.54) is 12.8 Å². The smallest absolute Gasteiger partial charge is 0.257 e. The maximum atomic E-state index is 12.3. The van der Waals surface area contributed by atoms with Gasteiger partial charge < -0.3 is 4.90 Å². The van der Waals surface area contributed by atoms with Gasteiger partial charge in [-0.15, -0.1) is 0 Å². The van der Waals surface area contributed by atoms with Crippen LogP contribution in [-0.4, -0.2) is 33.7 Å². The molecule has 0 saturated carbocycles. The molecule has 0 radical (unpaired) electrons. The predicted octanol–water partition coefficient (Wildman–Crippen LogP) is 1.74. The van der Waals surface area contributed by atoms with Crippen molar-refractivity contribution < 1.29 is 4.79 Å². The highest BCUT2D eigenvalue weighted by Crippen LogP contribution is 2.15. The van der Waals surface area contributed by atoms with E-state index in [0.29, 0.717) is 0 Å². The molecular formula is C12H19N3O. The van der Waals surface area contributed by atoms with Crippen LogP contribution in [0.5, 0.6) is 0 Å². The lowest BCUT2D eigenvalue weighted by molar-refractivity contribution is 0.0761. The van der Waals surface area contributed by atoms with Crippen molar-refractivity contribution in [1.29, 1.82) is 0 Å². The average Bonchev–Trinajstić information content (AvgIpc) is 2.53. The summed E-state index contributed by atoms with van der Waals surface area (Å²) in [5.41, 5.74) is 1.71. The van der Waals surface area contributed by atoms with Crippen LogP contribution in [0.25, 0.3) is 0 Å². The molecule has 1 aliphatic rings. The molecule has 1 fully saturated rings. The molecule has 1 aliphatic heterocycles. The van der Waals surface area contributed by atoms with Crippen molar-refractivity contribution in [3.63, 3.8) is 0 Å². The number of rotatable bonds is 1. The summed E-state index contributed by atoms with van der Waals surface area (Å²) in [6.07, 6.45) is 6.43. The van der Waals surface area contributed by atoms with Crippen molar-refractivity contribution in [3.8, 4) is 0 Å². The fourth-order valence-electron chi connectivity index (χ4n) is 2.15. The molecule has 4 heteroatoms. The number of carbonyl (C=O) groups is 1. The van der Waals surface area contributed by atoms with E-state index in [-0.39, 0.29) is 5.91 Å². The van der Waals surface area contributed by atoms with Crippen molar-refractivity contribution in [1.82, 2.24) is 14.7 Å². The Labute approximate surface area is 96.2 Å². The van der Waals surface area contributed by atoms with E-state index in [4.69, 9.17) is 0 Å². The van der Waals surface area contributed by atoms with Gasteiger partial charge in [0, 0.05) is 25.8 Å². The Morgan fingerprint density at radius 1 is 1.25 bits per heavy atom. The van der Waals surface area contributed by atoms with E-state index in [9.17, 15) is 4.79 Å². The summed E-state index contributed by atoms with van der Waals surface area (Å²) in [5.74, 6) is 0.146. The van der Waals surface area contributed by atoms with E-state index in [1.54, 1.807) is 10.9 Å². The number of aryl methyl sites for hydroxylation is 1.